The Hall–Kier alpha value is -7.52. The highest BCUT2D eigenvalue weighted by molar-refractivity contribution is 8.32. The monoisotopic (exact) mass is 2210 g/mol. The van der Waals surface area contributed by atoms with Crippen molar-refractivity contribution in [2.45, 2.75) is 194 Å². The Morgan fingerprint density at radius 2 is 0.895 bits per heavy atom. The van der Waals surface area contributed by atoms with Crippen molar-refractivity contribution in [2.75, 3.05) is 105 Å². The highest BCUT2D eigenvalue weighted by Crippen LogP contribution is 2.62. The van der Waals surface area contributed by atoms with Crippen molar-refractivity contribution in [3.63, 3.8) is 0 Å². The van der Waals surface area contributed by atoms with Gasteiger partial charge in [0.05, 0.1) is 109 Å². The van der Waals surface area contributed by atoms with Crippen molar-refractivity contribution in [3.05, 3.63) is 144 Å². The first-order valence-electron chi connectivity index (χ1n) is 42.8. The Labute approximate surface area is 820 Å². The predicted octanol–water partition coefficient (Wildman–Crippen LogP) is -5.66. The van der Waals surface area contributed by atoms with Gasteiger partial charge in [-0.05, 0) is 34.6 Å². The third-order valence-corrected chi connectivity index (χ3v) is 32.7. The van der Waals surface area contributed by atoms with Gasteiger partial charge in [0, 0.05) is 69.5 Å². The van der Waals surface area contributed by atoms with Crippen LogP contribution in [-0.2, 0) is 172 Å². The standard InChI is InChI=1S/C71H95N21O41P6S4/c1-28-15-87(67(99)84-56(28)94)39-13-33(128-136(106,140)112-8)36(122-39)19-115-137(107,141)129-34-14-40(88-16-29(2)57(95)85-68(88)100)123-37(34)20-116-139(109,143)133-51-49-64(92-27-79-43-55(92)81-66(74)83-60(43)98)127-71(51,32(5)121-49)23-119-135(104,105)132-50-48-63(89-17-30(3)58(96)86-69(89)101)126-70(50,31(4)120-48)22-118-134(102,103)130-45-38(125-62(47(45)114-12-10-111-7)91-26-78-42-54(91)80-65(73)82-59(42)97)21-117-138(108,142)131-44-35(18-93)124-61(46(44)113-11-9-110-6)90-25-77-41-52(72)75-24-76-53(41)90/h15-17,24-27,31-40,44-51,61-64,93H,9-14,18-23H2,1-8H3,(H,102,103)(H,104,105)(H,106,140)(H,107,141)(H,108,142)(H,109,143)(H2,72,75,76)(H,84,94,99)(H,85,95,100)(H,86,96,101)(H3,73,80,82,97)(H3,74,81,83,98)/p-6/t31-,32-,33?,34?,35+,36+,37+,38+,39+,40+,44?,45?,46-,47-,48-,49-,50?,51?,61+,62+,63+,64+,70-,71-,136?,137?,138?,139?/m0/s1. The van der Waals surface area contributed by atoms with E-state index in [1.807, 2.05) is 0 Å². The van der Waals surface area contributed by atoms with E-state index in [0.717, 1.165) is 61.3 Å². The highest BCUT2D eigenvalue weighted by Gasteiger charge is 2.71. The van der Waals surface area contributed by atoms with Gasteiger partial charge in [-0.2, -0.15) is 9.97 Å². The smallest absolute Gasteiger partial charge is 0.330 e. The van der Waals surface area contributed by atoms with Crippen molar-refractivity contribution in [1.29, 1.82) is 0 Å². The van der Waals surface area contributed by atoms with Gasteiger partial charge in [0.15, 0.2) is 65.5 Å². The predicted molar refractivity (Wildman–Crippen MR) is 482 cm³/mol. The van der Waals surface area contributed by atoms with Gasteiger partial charge < -0.3 is 170 Å². The third kappa shape index (κ3) is 21.9. The number of hydrogen-bond acceptors (Lipinski definition) is 55. The minimum absolute atomic E-state index is 0.0118. The number of rotatable bonds is 43. The van der Waals surface area contributed by atoms with Crippen LogP contribution in [0, 0.1) is 20.8 Å². The van der Waals surface area contributed by atoms with Gasteiger partial charge in [-0.15, -0.1) is 0 Å². The zero-order valence-electron chi connectivity index (χ0n) is 75.4. The van der Waals surface area contributed by atoms with E-state index in [4.69, 9.17) is 176 Å². The van der Waals surface area contributed by atoms with Crippen LogP contribution >= 0.6 is 42.6 Å². The number of nitrogen functional groups attached to an aromatic ring is 3. The number of methoxy groups -OCH3 is 2. The average Bonchev–Trinajstić information content (AvgIpc) is 1.05. The van der Waals surface area contributed by atoms with Crippen LogP contribution in [-0.4, -0.2) is 289 Å². The van der Waals surface area contributed by atoms with Crippen LogP contribution < -0.4 is 86.5 Å². The largest absolute Gasteiger partial charge is 0.780 e. The lowest BCUT2D eigenvalue weighted by atomic mass is 9.94. The van der Waals surface area contributed by atoms with Gasteiger partial charge >= 0.3 is 17.1 Å². The summed E-state index contributed by atoms with van der Waals surface area (Å²) >= 11 is 21.5. The molecule has 17 rings (SSSR count). The van der Waals surface area contributed by atoms with Gasteiger partial charge in [-0.25, -0.2) is 39.3 Å². The fourth-order valence-corrected chi connectivity index (χ4v) is 24.9. The van der Waals surface area contributed by atoms with E-state index in [2.05, 4.69) is 59.8 Å². The molecule has 8 saturated heterocycles. The number of aliphatic hydroxyl groups excluding tert-OH is 1. The molecule has 0 amide bonds. The van der Waals surface area contributed by atoms with E-state index in [1.165, 1.54) is 65.9 Å². The molecule has 17 heterocycles. The summed E-state index contributed by atoms with van der Waals surface area (Å²) in [4.78, 5) is 219. The van der Waals surface area contributed by atoms with Crippen molar-refractivity contribution in [3.8, 4) is 0 Å². The summed E-state index contributed by atoms with van der Waals surface area (Å²) in [7, 11) is -8.81. The second-order valence-electron chi connectivity index (χ2n) is 33.5. The van der Waals surface area contributed by atoms with Crippen LogP contribution in [0.1, 0.15) is 80.7 Å². The first-order valence-corrected chi connectivity index (χ1v) is 55.9. The summed E-state index contributed by atoms with van der Waals surface area (Å²) < 4.78 is 195. The normalized spacial score (nSPS) is 32.1. The average molecular weight is 2210 g/mol. The molecule has 0 aromatic carbocycles. The Balaban J connectivity index is 0.648. The van der Waals surface area contributed by atoms with Crippen LogP contribution in [0.3, 0.4) is 0 Å². The fourth-order valence-electron chi connectivity index (χ4n) is 17.6. The Morgan fingerprint density at radius 1 is 0.469 bits per heavy atom. The van der Waals surface area contributed by atoms with Crippen LogP contribution in [0.4, 0.5) is 17.7 Å². The van der Waals surface area contributed by atoms with Gasteiger partial charge in [0.25, 0.3) is 43.4 Å². The number of hydrogen-bond donors (Lipinski definition) is 9. The molecule has 0 saturated carbocycles. The molecular formula is C71H89N21O41P6S4-6. The number of phosphoric acid groups is 2. The van der Waals surface area contributed by atoms with Gasteiger partial charge in [0.1, 0.15) is 129 Å². The number of H-pyrrole nitrogens is 5. The number of nitrogens with zero attached hydrogens (tertiary/aromatic N) is 13. The number of aromatic nitrogens is 18. The molecule has 62 nitrogen and oxygen atoms in total. The second kappa shape index (κ2) is 41.8. The number of aliphatic hydroxyl groups is 1. The number of aromatic amines is 5. The zero-order valence-corrected chi connectivity index (χ0v) is 84.0. The molecule has 143 heavy (non-hydrogen) atoms. The van der Waals surface area contributed by atoms with Gasteiger partial charge in [-0.3, -0.25) is 90.0 Å². The van der Waals surface area contributed by atoms with Crippen molar-refractivity contribution >= 4 is 141 Å². The van der Waals surface area contributed by atoms with E-state index in [-0.39, 0.29) is 82.2 Å². The Morgan fingerprint density at radius 3 is 1.40 bits per heavy atom. The van der Waals surface area contributed by atoms with E-state index in [0.29, 0.717) is 0 Å². The number of fused-ring (bicyclic) bond motifs is 7. The molecule has 8 aliphatic heterocycles. The maximum atomic E-state index is 15.3. The van der Waals surface area contributed by atoms with Crippen molar-refractivity contribution in [2.24, 2.45) is 0 Å². The lowest BCUT2D eigenvalue weighted by Gasteiger charge is -2.41. The number of nitrogens with two attached hydrogens (primary N) is 3. The quantitative estimate of drug-likeness (QED) is 0.00977. The molecule has 72 heteroatoms. The number of ether oxygens (including phenoxy) is 12. The SMILES string of the molecule is COCCO[C@H]1C(OP([O-])(=S)OC[C@H]2O[C@@H](n3cnc4c(=O)[nH]c(N)nc43)[C@@H](OCCOC)C2OP(=O)([O-])OC[C@]23O[C@@H](n4cc(C)c(=O)[nH]c4=O)[C@@H](O[C@H]2C)C3OP(=O)([O-])OC[C@]23O[C@@H](n4cnc5c(=O)[nH]c(N)nc54)[C@@H](O[C@H]2C)C3OP([O-])(=S)OC[C@H]2O[C@@H](n3cc(C)c(=O)[nH]c3=O)CC2OP(=O)([S-])OC[C@H]2O[C@@H](n3cc(C)c(=O)[nH]c3=O)CC2OP([O-])(=S)OC)[C@@H](CO)O[C@H]1n1cnc2c(N)ncnc21. The molecular weight excluding hydrogens is 2120 g/mol. The molecule has 0 aliphatic carbocycles. The molecule has 4 bridgehead atoms. The summed E-state index contributed by atoms with van der Waals surface area (Å²) in [6, 6.07) is 0. The van der Waals surface area contributed by atoms with Gasteiger partial charge in [0.2, 0.25) is 11.9 Å². The van der Waals surface area contributed by atoms with E-state index in [9.17, 15) is 57.8 Å². The summed E-state index contributed by atoms with van der Waals surface area (Å²) in [5.74, 6) is -0.895. The van der Waals surface area contributed by atoms with Crippen LogP contribution in [0.2, 0.25) is 0 Å². The second-order valence-corrected chi connectivity index (χ2v) is 47.1. The molecule has 12 unspecified atom stereocenters. The van der Waals surface area contributed by atoms with Crippen LogP contribution in [0.5, 0.6) is 0 Å². The minimum atomic E-state index is -6.26. The minimum Gasteiger partial charge on any atom is -0.780 e. The van der Waals surface area contributed by atoms with Crippen LogP contribution in [0.25, 0.3) is 33.5 Å². The van der Waals surface area contributed by atoms with E-state index >= 15 is 23.8 Å². The molecule has 30 atom stereocenters. The molecule has 0 spiro atoms. The van der Waals surface area contributed by atoms with Crippen LogP contribution in [0.15, 0.2) is 82.3 Å². The molecule has 8 aliphatic rings. The first-order chi connectivity index (χ1) is 67.6. The molecule has 12 N–H and O–H groups in total. The fraction of sp³-hybridized carbons (Fsp3) is 0.620. The molecule has 8 fully saturated rings. The summed E-state index contributed by atoms with van der Waals surface area (Å²) in [6.45, 7) is -20.3. The molecule has 784 valence electrons. The molecule has 9 aromatic heterocycles. The first kappa shape index (κ1) is 107. The lowest BCUT2D eigenvalue weighted by molar-refractivity contribution is -0.257. The maximum absolute atomic E-state index is 15.3. The number of anilines is 3. The lowest BCUT2D eigenvalue weighted by Crippen LogP contribution is -2.52. The number of nitrogens with one attached hydrogen (secondary N) is 5. The molecule has 9 aromatic rings. The number of imidazole rings is 3. The topological polar surface area (TPSA) is 822 Å². The van der Waals surface area contributed by atoms with E-state index < -0.39 is 298 Å². The zero-order chi connectivity index (χ0) is 103. The number of aryl methyl sites for hydroxylation is 3. The van der Waals surface area contributed by atoms with Gasteiger partial charge in [-0.1, -0.05) is 35.4 Å². The van der Waals surface area contributed by atoms with Crippen molar-refractivity contribution in [1.82, 2.24) is 87.2 Å². The summed E-state index contributed by atoms with van der Waals surface area (Å²) in [6.07, 6.45) is -29.3. The Kier molecular flexibility index (Phi) is 31.2. The van der Waals surface area contributed by atoms with E-state index in [1.54, 1.807) is 0 Å². The third-order valence-electron chi connectivity index (χ3n) is 24.5. The highest BCUT2D eigenvalue weighted by atomic mass is 32.7. The molecule has 0 radical (unpaired) electrons. The maximum Gasteiger partial charge on any atom is 0.330 e. The van der Waals surface area contributed by atoms with Crippen molar-refractivity contribution < 1.29 is 154 Å². The summed E-state index contributed by atoms with van der Waals surface area (Å²) in [5, 5.41) is 10.8. The summed E-state index contributed by atoms with van der Waals surface area (Å²) in [5.41, 5.74) is 4.79. The Bertz CT molecular complexity index is 7160. The number of phosphoric ester groups is 2.